The topological polar surface area (TPSA) is 63.4 Å². The van der Waals surface area contributed by atoms with E-state index < -0.39 is 17.6 Å². The fourth-order valence-electron chi connectivity index (χ4n) is 2.75. The lowest BCUT2D eigenvalue weighted by Gasteiger charge is -2.19. The third-order valence-electron chi connectivity index (χ3n) is 4.21. The lowest BCUT2D eigenvalue weighted by Crippen LogP contribution is -2.32. The van der Waals surface area contributed by atoms with Crippen molar-refractivity contribution in [1.29, 1.82) is 0 Å². The molecule has 2 rings (SSSR count). The van der Waals surface area contributed by atoms with Crippen LogP contribution in [0.1, 0.15) is 36.8 Å². The smallest absolute Gasteiger partial charge is 0.369 e. The zero-order valence-electron chi connectivity index (χ0n) is 12.8. The van der Waals surface area contributed by atoms with Gasteiger partial charge >= 0.3 is 6.18 Å². The van der Waals surface area contributed by atoms with Crippen LogP contribution in [0.3, 0.4) is 0 Å². The van der Waals surface area contributed by atoms with Crippen molar-refractivity contribution in [3.63, 3.8) is 0 Å². The number of alkyl halides is 3. The van der Waals surface area contributed by atoms with Crippen LogP contribution in [0.25, 0.3) is 0 Å². The molecule has 0 radical (unpaired) electrons. The first-order chi connectivity index (χ1) is 10.7. The molecule has 1 aliphatic rings. The van der Waals surface area contributed by atoms with Gasteiger partial charge < -0.3 is 10.6 Å². The lowest BCUT2D eigenvalue weighted by atomic mass is 9.95. The molecule has 0 saturated carbocycles. The number of carbonyl (C=O) groups is 2. The van der Waals surface area contributed by atoms with Crippen LogP contribution in [-0.2, 0) is 15.8 Å². The molecule has 7 heteroatoms. The number of hydrogen-bond donors (Lipinski definition) is 1. The van der Waals surface area contributed by atoms with Crippen molar-refractivity contribution in [3.8, 4) is 0 Å². The third kappa shape index (κ3) is 4.24. The van der Waals surface area contributed by atoms with Crippen molar-refractivity contribution >= 4 is 11.8 Å². The molecule has 1 aliphatic heterocycles. The van der Waals surface area contributed by atoms with Crippen molar-refractivity contribution < 1.29 is 22.8 Å². The van der Waals surface area contributed by atoms with Gasteiger partial charge in [0, 0.05) is 19.5 Å². The molecule has 4 nitrogen and oxygen atoms in total. The molecule has 0 unspecified atom stereocenters. The molecular weight excluding hydrogens is 309 g/mol. The number of carbonyl (C=O) groups excluding carboxylic acids is 2. The van der Waals surface area contributed by atoms with Crippen LogP contribution < -0.4 is 5.73 Å². The van der Waals surface area contributed by atoms with Gasteiger partial charge in [-0.1, -0.05) is 25.1 Å². The first kappa shape index (κ1) is 17.3. The Labute approximate surface area is 132 Å². The van der Waals surface area contributed by atoms with Crippen molar-refractivity contribution in [2.24, 2.45) is 11.7 Å². The maximum atomic E-state index is 12.7. The summed E-state index contributed by atoms with van der Waals surface area (Å²) >= 11 is 0. The monoisotopic (exact) mass is 328 g/mol. The molecule has 1 saturated heterocycles. The molecule has 126 valence electrons. The molecule has 23 heavy (non-hydrogen) atoms. The van der Waals surface area contributed by atoms with E-state index >= 15 is 0 Å². The molecule has 0 spiro atoms. The van der Waals surface area contributed by atoms with Crippen molar-refractivity contribution in [2.45, 2.75) is 31.9 Å². The summed E-state index contributed by atoms with van der Waals surface area (Å²) in [7, 11) is 0. The van der Waals surface area contributed by atoms with Crippen LogP contribution in [0.2, 0.25) is 0 Å². The van der Waals surface area contributed by atoms with E-state index in [4.69, 9.17) is 5.73 Å². The second-order valence-electron chi connectivity index (χ2n) is 5.96. The zero-order chi connectivity index (χ0) is 17.2. The number of hydrogen-bond acceptors (Lipinski definition) is 2. The molecule has 0 aromatic heterocycles. The Hall–Kier alpha value is -2.05. The molecule has 2 atom stereocenters. The highest BCUT2D eigenvalue weighted by Gasteiger charge is 2.32. The SMILES string of the molecule is C[C@H](CC(=O)N1CC[C@H](C(N)=O)C1)c1cccc(C(F)(F)F)c1. The van der Waals surface area contributed by atoms with E-state index in [0.29, 0.717) is 25.1 Å². The minimum absolute atomic E-state index is 0.104. The summed E-state index contributed by atoms with van der Waals surface area (Å²) in [6, 6.07) is 5.02. The predicted molar refractivity (Wildman–Crippen MR) is 78.4 cm³/mol. The van der Waals surface area contributed by atoms with Gasteiger partial charge in [0.1, 0.15) is 0 Å². The zero-order valence-corrected chi connectivity index (χ0v) is 12.8. The highest BCUT2D eigenvalue weighted by Crippen LogP contribution is 2.32. The highest BCUT2D eigenvalue weighted by atomic mass is 19.4. The van der Waals surface area contributed by atoms with Gasteiger partial charge in [0.25, 0.3) is 0 Å². The van der Waals surface area contributed by atoms with E-state index in [1.807, 2.05) is 0 Å². The number of halogens is 3. The standard InChI is InChI=1S/C16H19F3N2O2/c1-10(11-3-2-4-13(8-11)16(17,18)19)7-14(22)21-6-5-12(9-21)15(20)23/h2-4,8,10,12H,5-7,9H2,1H3,(H2,20,23)/t10-,12+/m1/s1. The van der Waals surface area contributed by atoms with Crippen LogP contribution in [0, 0.1) is 5.92 Å². The summed E-state index contributed by atoms with van der Waals surface area (Å²) in [5, 5.41) is 0. The summed E-state index contributed by atoms with van der Waals surface area (Å²) in [4.78, 5) is 24.9. The molecule has 1 aromatic rings. The van der Waals surface area contributed by atoms with E-state index in [0.717, 1.165) is 12.1 Å². The summed E-state index contributed by atoms with van der Waals surface area (Å²) in [5.41, 5.74) is 4.98. The molecule has 2 amide bonds. The van der Waals surface area contributed by atoms with Crippen molar-refractivity contribution in [2.75, 3.05) is 13.1 Å². The Kier molecular flexibility index (Phi) is 4.97. The van der Waals surface area contributed by atoms with E-state index in [1.165, 1.54) is 6.07 Å². The Morgan fingerprint density at radius 3 is 2.65 bits per heavy atom. The Morgan fingerprint density at radius 2 is 2.09 bits per heavy atom. The summed E-state index contributed by atoms with van der Waals surface area (Å²) < 4.78 is 38.2. The molecular formula is C16H19F3N2O2. The minimum atomic E-state index is -4.40. The normalized spacial score (nSPS) is 19.7. The Balaban J connectivity index is 2.01. The summed E-state index contributed by atoms with van der Waals surface area (Å²) in [5.74, 6) is -1.26. The highest BCUT2D eigenvalue weighted by molar-refractivity contribution is 5.81. The number of likely N-dealkylation sites (tertiary alicyclic amines) is 1. The molecule has 0 aliphatic carbocycles. The van der Waals surface area contributed by atoms with Gasteiger partial charge in [-0.15, -0.1) is 0 Å². The average molecular weight is 328 g/mol. The number of rotatable bonds is 4. The number of benzene rings is 1. The third-order valence-corrected chi connectivity index (χ3v) is 4.21. The van der Waals surface area contributed by atoms with Gasteiger partial charge in [0.15, 0.2) is 0 Å². The van der Waals surface area contributed by atoms with Crippen molar-refractivity contribution in [3.05, 3.63) is 35.4 Å². The Bertz CT molecular complexity index is 601. The quantitative estimate of drug-likeness (QED) is 0.923. The average Bonchev–Trinajstić information content (AvgIpc) is 2.96. The Morgan fingerprint density at radius 1 is 1.39 bits per heavy atom. The molecule has 1 heterocycles. The van der Waals surface area contributed by atoms with E-state index in [1.54, 1.807) is 17.9 Å². The van der Waals surface area contributed by atoms with Crippen LogP contribution in [-0.4, -0.2) is 29.8 Å². The van der Waals surface area contributed by atoms with Gasteiger partial charge in [-0.2, -0.15) is 13.2 Å². The van der Waals surface area contributed by atoms with Gasteiger partial charge in [-0.25, -0.2) is 0 Å². The first-order valence-electron chi connectivity index (χ1n) is 7.42. The number of amides is 2. The first-order valence-corrected chi connectivity index (χ1v) is 7.42. The van der Waals surface area contributed by atoms with Crippen LogP contribution in [0.5, 0.6) is 0 Å². The number of nitrogens with zero attached hydrogens (tertiary/aromatic N) is 1. The largest absolute Gasteiger partial charge is 0.416 e. The maximum absolute atomic E-state index is 12.7. The second-order valence-corrected chi connectivity index (χ2v) is 5.96. The molecule has 2 N–H and O–H groups in total. The molecule has 0 bridgehead atoms. The number of nitrogens with two attached hydrogens (primary N) is 1. The minimum Gasteiger partial charge on any atom is -0.369 e. The van der Waals surface area contributed by atoms with Gasteiger partial charge in [0.2, 0.25) is 11.8 Å². The van der Waals surface area contributed by atoms with Gasteiger partial charge in [0.05, 0.1) is 11.5 Å². The van der Waals surface area contributed by atoms with Crippen LogP contribution in [0.15, 0.2) is 24.3 Å². The van der Waals surface area contributed by atoms with E-state index in [2.05, 4.69) is 0 Å². The van der Waals surface area contributed by atoms with Crippen molar-refractivity contribution in [1.82, 2.24) is 4.90 Å². The summed E-state index contributed by atoms with van der Waals surface area (Å²) in [6.07, 6.45) is -3.75. The van der Waals surface area contributed by atoms with Crippen LogP contribution >= 0.6 is 0 Å². The predicted octanol–water partition coefficient (Wildman–Crippen LogP) is 2.53. The fraction of sp³-hybridized carbons (Fsp3) is 0.500. The number of primary amides is 1. The molecule has 1 aromatic carbocycles. The summed E-state index contributed by atoms with van der Waals surface area (Å²) in [6.45, 7) is 2.47. The van der Waals surface area contributed by atoms with Gasteiger partial charge in [-0.3, -0.25) is 9.59 Å². The lowest BCUT2D eigenvalue weighted by molar-refractivity contribution is -0.137. The van der Waals surface area contributed by atoms with Gasteiger partial charge in [-0.05, 0) is 24.0 Å². The fourth-order valence-corrected chi connectivity index (χ4v) is 2.75. The maximum Gasteiger partial charge on any atom is 0.416 e. The van der Waals surface area contributed by atoms with E-state index in [9.17, 15) is 22.8 Å². The second kappa shape index (κ2) is 6.60. The molecule has 1 fully saturated rings. The van der Waals surface area contributed by atoms with E-state index in [-0.39, 0.29) is 24.2 Å². The van der Waals surface area contributed by atoms with Crippen LogP contribution in [0.4, 0.5) is 13.2 Å².